The molecule has 0 radical (unpaired) electrons. The predicted octanol–water partition coefficient (Wildman–Crippen LogP) is 4.54. The number of hydrogen-bond donors (Lipinski definition) is 0. The highest BCUT2D eigenvalue weighted by atomic mass is 32.1. The maximum atomic E-state index is 13.4. The first-order valence-electron chi connectivity index (χ1n) is 11.6. The second-order valence-corrected chi connectivity index (χ2v) is 9.55. The van der Waals surface area contributed by atoms with Crippen LogP contribution in [0.3, 0.4) is 0 Å². The van der Waals surface area contributed by atoms with Crippen molar-refractivity contribution >= 4 is 54.3 Å². The molecule has 3 aromatic carbocycles. The van der Waals surface area contributed by atoms with Gasteiger partial charge in [-0.15, -0.1) is 0 Å². The van der Waals surface area contributed by atoms with Crippen molar-refractivity contribution in [1.82, 2.24) is 9.88 Å². The summed E-state index contributed by atoms with van der Waals surface area (Å²) in [5.41, 5.74) is 0.676. The van der Waals surface area contributed by atoms with Gasteiger partial charge in [-0.3, -0.25) is 4.79 Å². The molecule has 182 valence electrons. The Labute approximate surface area is 210 Å². The Balaban J connectivity index is 1.26. The third-order valence-corrected chi connectivity index (χ3v) is 7.74. The van der Waals surface area contributed by atoms with Gasteiger partial charge in [0.2, 0.25) is 0 Å². The van der Waals surface area contributed by atoms with Gasteiger partial charge >= 0.3 is 5.63 Å². The third kappa shape index (κ3) is 3.63. The van der Waals surface area contributed by atoms with E-state index in [0.29, 0.717) is 37.5 Å². The average molecular weight is 502 g/mol. The summed E-state index contributed by atoms with van der Waals surface area (Å²) < 4.78 is 17.4. The number of thiazole rings is 1. The summed E-state index contributed by atoms with van der Waals surface area (Å²) in [6, 6.07) is 16.9. The number of fused-ring (bicyclic) bond motifs is 4. The van der Waals surface area contributed by atoms with Crippen LogP contribution in [0.25, 0.3) is 32.0 Å². The van der Waals surface area contributed by atoms with Gasteiger partial charge in [0.15, 0.2) is 5.13 Å². The van der Waals surface area contributed by atoms with Crippen LogP contribution >= 0.6 is 11.3 Å². The van der Waals surface area contributed by atoms with Crippen LogP contribution in [-0.4, -0.2) is 56.2 Å². The molecule has 3 heterocycles. The standard InChI is InChI=1S/C27H23N3O5S/c1-33-21-9-10-22(34-2)24-23(21)28-27(36-24)30-13-11-29(12-14-30)25(31)19-15-18-17-6-4-3-5-16(17)7-8-20(18)35-26(19)32/h3-10,15H,11-14H2,1-2H3. The van der Waals surface area contributed by atoms with Gasteiger partial charge in [0.25, 0.3) is 5.91 Å². The Bertz CT molecular complexity index is 1640. The van der Waals surface area contributed by atoms with Gasteiger partial charge in [0.1, 0.15) is 32.9 Å². The zero-order valence-electron chi connectivity index (χ0n) is 19.8. The van der Waals surface area contributed by atoms with E-state index in [2.05, 4.69) is 4.90 Å². The number of amides is 1. The highest BCUT2D eigenvalue weighted by molar-refractivity contribution is 7.22. The number of carbonyl (C=O) groups excluding carboxylic acids is 1. The van der Waals surface area contributed by atoms with Gasteiger partial charge in [0.05, 0.1) is 14.2 Å². The number of ether oxygens (including phenoxy) is 2. The van der Waals surface area contributed by atoms with E-state index in [1.165, 1.54) is 11.3 Å². The molecule has 0 bridgehead atoms. The molecule has 1 aliphatic rings. The molecule has 9 heteroatoms. The monoisotopic (exact) mass is 501 g/mol. The van der Waals surface area contributed by atoms with E-state index < -0.39 is 5.63 Å². The first kappa shape index (κ1) is 22.4. The molecule has 0 N–H and O–H groups in total. The molecule has 1 saturated heterocycles. The van der Waals surface area contributed by atoms with Crippen molar-refractivity contribution in [3.8, 4) is 11.5 Å². The largest absolute Gasteiger partial charge is 0.495 e. The fraction of sp³-hybridized carbons (Fsp3) is 0.222. The summed E-state index contributed by atoms with van der Waals surface area (Å²) in [6.45, 7) is 2.13. The van der Waals surface area contributed by atoms with Crippen LogP contribution in [-0.2, 0) is 0 Å². The Hall–Kier alpha value is -4.11. The minimum absolute atomic E-state index is 0.0572. The number of carbonyl (C=O) groups is 1. The van der Waals surface area contributed by atoms with Crippen molar-refractivity contribution in [3.05, 3.63) is 70.6 Å². The molecule has 5 aromatic rings. The van der Waals surface area contributed by atoms with Crippen LogP contribution < -0.4 is 20.0 Å². The van der Waals surface area contributed by atoms with E-state index >= 15 is 0 Å². The van der Waals surface area contributed by atoms with E-state index in [-0.39, 0.29) is 11.5 Å². The Morgan fingerprint density at radius 2 is 1.69 bits per heavy atom. The first-order valence-corrected chi connectivity index (χ1v) is 12.4. The van der Waals surface area contributed by atoms with Gasteiger partial charge in [-0.05, 0) is 35.0 Å². The van der Waals surface area contributed by atoms with Crippen LogP contribution in [0.4, 0.5) is 5.13 Å². The molecule has 36 heavy (non-hydrogen) atoms. The minimum Gasteiger partial charge on any atom is -0.495 e. The number of anilines is 1. The van der Waals surface area contributed by atoms with Gasteiger partial charge in [-0.25, -0.2) is 9.78 Å². The van der Waals surface area contributed by atoms with E-state index in [9.17, 15) is 9.59 Å². The maximum absolute atomic E-state index is 13.4. The lowest BCUT2D eigenvalue weighted by atomic mass is 10.0. The minimum atomic E-state index is -0.615. The number of rotatable bonds is 4. The zero-order valence-corrected chi connectivity index (χ0v) is 20.6. The SMILES string of the molecule is COc1ccc(OC)c2sc(N3CCN(C(=O)c4cc5c(ccc6ccccc65)oc4=O)CC3)nc12. The van der Waals surface area contributed by atoms with Gasteiger partial charge in [0, 0.05) is 31.6 Å². The van der Waals surface area contributed by atoms with Crippen LogP contribution in [0.2, 0.25) is 0 Å². The topological polar surface area (TPSA) is 85.1 Å². The van der Waals surface area contributed by atoms with Crippen molar-refractivity contribution in [2.45, 2.75) is 0 Å². The van der Waals surface area contributed by atoms with Crippen molar-refractivity contribution in [3.63, 3.8) is 0 Å². The normalized spacial score (nSPS) is 14.1. The van der Waals surface area contributed by atoms with Crippen molar-refractivity contribution in [2.24, 2.45) is 0 Å². The predicted molar refractivity (Wildman–Crippen MR) is 141 cm³/mol. The summed E-state index contributed by atoms with van der Waals surface area (Å²) in [4.78, 5) is 34.7. The molecule has 1 amide bonds. The summed E-state index contributed by atoms with van der Waals surface area (Å²) in [5.74, 6) is 1.13. The van der Waals surface area contributed by atoms with Crippen molar-refractivity contribution in [1.29, 1.82) is 0 Å². The maximum Gasteiger partial charge on any atom is 0.349 e. The van der Waals surface area contributed by atoms with Crippen LogP contribution in [0.5, 0.6) is 11.5 Å². The zero-order chi connectivity index (χ0) is 24.8. The van der Waals surface area contributed by atoms with E-state index in [0.717, 1.165) is 37.3 Å². The molecule has 1 fully saturated rings. The molecule has 0 saturated carbocycles. The van der Waals surface area contributed by atoms with Crippen LogP contribution in [0, 0.1) is 0 Å². The fourth-order valence-electron chi connectivity index (χ4n) is 4.70. The lowest BCUT2D eigenvalue weighted by Crippen LogP contribution is -2.49. The molecule has 2 aromatic heterocycles. The molecule has 6 rings (SSSR count). The number of hydrogen-bond acceptors (Lipinski definition) is 8. The number of nitrogens with zero attached hydrogens (tertiary/aromatic N) is 3. The van der Waals surface area contributed by atoms with Gasteiger partial charge < -0.3 is 23.7 Å². The second-order valence-electron chi connectivity index (χ2n) is 8.57. The molecule has 1 aliphatic heterocycles. The lowest BCUT2D eigenvalue weighted by molar-refractivity contribution is 0.0742. The highest BCUT2D eigenvalue weighted by Crippen LogP contribution is 2.40. The molecule has 0 spiro atoms. The van der Waals surface area contributed by atoms with Gasteiger partial charge in [-0.1, -0.05) is 41.7 Å². The van der Waals surface area contributed by atoms with E-state index in [1.807, 2.05) is 42.5 Å². The fourth-order valence-corrected chi connectivity index (χ4v) is 5.83. The number of aromatic nitrogens is 1. The second kappa shape index (κ2) is 8.83. The van der Waals surface area contributed by atoms with Crippen LogP contribution in [0.15, 0.2) is 63.8 Å². The summed E-state index contributed by atoms with van der Waals surface area (Å²) in [7, 11) is 3.26. The number of benzene rings is 3. The molecular weight excluding hydrogens is 478 g/mol. The number of piperazine rings is 1. The Morgan fingerprint density at radius 1 is 0.944 bits per heavy atom. The lowest BCUT2D eigenvalue weighted by Gasteiger charge is -2.34. The summed E-state index contributed by atoms with van der Waals surface area (Å²) >= 11 is 1.54. The van der Waals surface area contributed by atoms with Gasteiger partial charge in [-0.2, -0.15) is 0 Å². The first-order chi connectivity index (χ1) is 17.6. The molecule has 8 nitrogen and oxygen atoms in total. The Kier molecular flexibility index (Phi) is 5.49. The smallest absolute Gasteiger partial charge is 0.349 e. The highest BCUT2D eigenvalue weighted by Gasteiger charge is 2.27. The van der Waals surface area contributed by atoms with Crippen LogP contribution in [0.1, 0.15) is 10.4 Å². The summed E-state index contributed by atoms with van der Waals surface area (Å²) in [5, 5.41) is 3.57. The van der Waals surface area contributed by atoms with E-state index in [1.54, 1.807) is 31.3 Å². The molecule has 0 unspecified atom stereocenters. The van der Waals surface area contributed by atoms with Crippen molar-refractivity contribution < 1.29 is 18.7 Å². The van der Waals surface area contributed by atoms with E-state index in [4.69, 9.17) is 18.9 Å². The van der Waals surface area contributed by atoms with Crippen molar-refractivity contribution in [2.75, 3.05) is 45.3 Å². The molecular formula is C27H23N3O5S. The third-order valence-electron chi connectivity index (χ3n) is 6.61. The number of methoxy groups -OCH3 is 2. The molecule has 0 atom stereocenters. The Morgan fingerprint density at radius 3 is 2.47 bits per heavy atom. The average Bonchev–Trinajstić information content (AvgIpc) is 3.37. The molecule has 0 aliphatic carbocycles. The quantitative estimate of drug-likeness (QED) is 0.264. The summed E-state index contributed by atoms with van der Waals surface area (Å²) in [6.07, 6.45) is 0.